The highest BCUT2D eigenvalue weighted by Crippen LogP contribution is 2.43. The van der Waals surface area contributed by atoms with E-state index in [1.54, 1.807) is 31.2 Å². The van der Waals surface area contributed by atoms with Crippen LogP contribution in [0.3, 0.4) is 0 Å². The summed E-state index contributed by atoms with van der Waals surface area (Å²) in [5.74, 6) is -0.252. The normalized spacial score (nSPS) is 17.5. The summed E-state index contributed by atoms with van der Waals surface area (Å²) in [6.45, 7) is 8.19. The zero-order valence-corrected chi connectivity index (χ0v) is 39.1. The molecule has 9 rings (SSSR count). The zero-order valence-electron chi connectivity index (χ0n) is 37.4. The summed E-state index contributed by atoms with van der Waals surface area (Å²) >= 11 is 6.69. The van der Waals surface area contributed by atoms with Crippen molar-refractivity contribution in [1.29, 1.82) is 0 Å². The van der Waals surface area contributed by atoms with Gasteiger partial charge >= 0.3 is 0 Å². The number of halogens is 2. The number of hydrogen-bond acceptors (Lipinski definition) is 12. The third-order valence-electron chi connectivity index (χ3n) is 12.9. The van der Waals surface area contributed by atoms with Crippen LogP contribution in [0, 0.1) is 5.82 Å². The molecular formula is C49H53ClFN10O4P. The van der Waals surface area contributed by atoms with Gasteiger partial charge in [-0.25, -0.2) is 9.37 Å². The van der Waals surface area contributed by atoms with Crippen molar-refractivity contribution in [1.82, 2.24) is 30.0 Å². The van der Waals surface area contributed by atoms with Gasteiger partial charge in [0.1, 0.15) is 23.7 Å². The van der Waals surface area contributed by atoms with Gasteiger partial charge in [-0.2, -0.15) is 10.1 Å². The van der Waals surface area contributed by atoms with Crippen molar-refractivity contribution in [2.24, 2.45) is 7.05 Å². The van der Waals surface area contributed by atoms with Crippen molar-refractivity contribution in [3.8, 4) is 28.0 Å². The van der Waals surface area contributed by atoms with E-state index in [2.05, 4.69) is 46.8 Å². The number of piperazine rings is 1. The second-order valence-corrected chi connectivity index (χ2v) is 21.1. The third-order valence-corrected chi connectivity index (χ3v) is 14.7. The molecule has 0 radical (unpaired) electrons. The minimum Gasteiger partial charge on any atom is -0.494 e. The predicted molar refractivity (Wildman–Crippen MR) is 260 cm³/mol. The number of aryl methyl sites for hydroxylation is 1. The lowest BCUT2D eigenvalue weighted by molar-refractivity contribution is -0.134. The van der Waals surface area contributed by atoms with Crippen molar-refractivity contribution in [3.05, 3.63) is 114 Å². The number of nitrogens with one attached hydrogen (secondary N) is 3. The first-order valence-electron chi connectivity index (χ1n) is 22.2. The van der Waals surface area contributed by atoms with Crippen LogP contribution in [0.5, 0.6) is 5.75 Å². The number of hydrogen-bond donors (Lipinski definition) is 3. The van der Waals surface area contributed by atoms with Gasteiger partial charge in [-0.1, -0.05) is 54.1 Å². The van der Waals surface area contributed by atoms with Crippen LogP contribution in [0.4, 0.5) is 38.9 Å². The average molecular weight is 931 g/mol. The second kappa shape index (κ2) is 18.9. The number of ether oxygens (including phenoxy) is 1. The summed E-state index contributed by atoms with van der Waals surface area (Å²) in [5, 5.41) is 14.6. The molecule has 2 amide bonds. The van der Waals surface area contributed by atoms with Crippen molar-refractivity contribution in [2.75, 3.05) is 80.1 Å². The van der Waals surface area contributed by atoms with E-state index in [1.165, 1.54) is 12.3 Å². The molecule has 5 heterocycles. The van der Waals surface area contributed by atoms with Crippen LogP contribution in [-0.2, 0) is 21.2 Å². The monoisotopic (exact) mass is 930 g/mol. The fraction of sp³-hybridized carbons (Fsp3) is 0.327. The van der Waals surface area contributed by atoms with E-state index < -0.39 is 13.1 Å². The fourth-order valence-electron chi connectivity index (χ4n) is 9.35. The van der Waals surface area contributed by atoms with E-state index in [0.29, 0.717) is 70.1 Å². The Kier molecular flexibility index (Phi) is 12.9. The Hall–Kier alpha value is -6.28. The summed E-state index contributed by atoms with van der Waals surface area (Å²) < 4.78 is 36.9. The fourth-order valence-corrected chi connectivity index (χ4v) is 10.7. The lowest BCUT2D eigenvalue weighted by atomic mass is 9.90. The number of benzene rings is 4. The van der Waals surface area contributed by atoms with Gasteiger partial charge in [0.2, 0.25) is 17.8 Å². The van der Waals surface area contributed by atoms with Gasteiger partial charge in [-0.15, -0.1) is 0 Å². The third kappa shape index (κ3) is 9.65. The largest absolute Gasteiger partial charge is 0.494 e. The van der Waals surface area contributed by atoms with E-state index in [9.17, 15) is 14.2 Å². The Labute approximate surface area is 388 Å². The van der Waals surface area contributed by atoms with Crippen LogP contribution in [0.25, 0.3) is 22.3 Å². The molecule has 0 spiro atoms. The lowest BCUT2D eigenvalue weighted by Crippen LogP contribution is -2.53. The van der Waals surface area contributed by atoms with Crippen LogP contribution in [-0.4, -0.2) is 102 Å². The zero-order chi connectivity index (χ0) is 46.1. The number of methoxy groups -OCH3 is 1. The summed E-state index contributed by atoms with van der Waals surface area (Å²) in [6.07, 6.45) is 7.94. The molecule has 3 fully saturated rings. The smallest absolute Gasteiger partial charge is 0.234 e. The maximum absolute atomic E-state index is 15.5. The number of nitrogens with zero attached hydrogens (tertiary/aromatic N) is 7. The molecular weight excluding hydrogens is 878 g/mol. The van der Waals surface area contributed by atoms with Gasteiger partial charge in [0, 0.05) is 93.2 Å². The number of carbonyl (C=O) groups excluding carboxylic acids is 2. The summed E-state index contributed by atoms with van der Waals surface area (Å²) in [6, 6.07) is 25.4. The maximum Gasteiger partial charge on any atom is 0.234 e. The predicted octanol–water partition coefficient (Wildman–Crippen LogP) is 8.39. The summed E-state index contributed by atoms with van der Waals surface area (Å²) in [5.41, 5.74) is 7.38. The van der Waals surface area contributed by atoms with Crippen molar-refractivity contribution in [3.63, 3.8) is 0 Å². The quantitative estimate of drug-likeness (QED) is 0.0800. The minimum atomic E-state index is -2.74. The molecule has 4 aromatic carbocycles. The highest BCUT2D eigenvalue weighted by Gasteiger charge is 2.32. The Morgan fingerprint density at radius 3 is 2.26 bits per heavy atom. The molecule has 3 aliphatic rings. The van der Waals surface area contributed by atoms with Crippen molar-refractivity contribution >= 4 is 70.4 Å². The highest BCUT2D eigenvalue weighted by atomic mass is 35.5. The van der Waals surface area contributed by atoms with Gasteiger partial charge in [-0.3, -0.25) is 24.5 Å². The van der Waals surface area contributed by atoms with Crippen LogP contribution < -0.4 is 35.8 Å². The van der Waals surface area contributed by atoms with Crippen molar-refractivity contribution < 1.29 is 23.3 Å². The highest BCUT2D eigenvalue weighted by molar-refractivity contribution is 7.70. The van der Waals surface area contributed by atoms with Crippen molar-refractivity contribution in [2.45, 2.75) is 37.6 Å². The van der Waals surface area contributed by atoms with Crippen LogP contribution in [0.2, 0.25) is 5.02 Å². The van der Waals surface area contributed by atoms with E-state index >= 15 is 4.39 Å². The lowest BCUT2D eigenvalue weighted by Gasteiger charge is -2.44. The molecule has 2 aromatic heterocycles. The molecule has 14 nitrogen and oxygen atoms in total. The van der Waals surface area contributed by atoms with Gasteiger partial charge in [-0.05, 0) is 79.6 Å². The Morgan fingerprint density at radius 1 is 0.818 bits per heavy atom. The number of aromatic nitrogens is 4. The first kappa shape index (κ1) is 44.9. The van der Waals surface area contributed by atoms with E-state index in [0.717, 1.165) is 67.0 Å². The number of piperidine rings is 2. The Bertz CT molecular complexity index is 2820. The topological polar surface area (TPSA) is 150 Å². The molecule has 0 bridgehead atoms. The molecule has 66 heavy (non-hydrogen) atoms. The Balaban J connectivity index is 0.890. The van der Waals surface area contributed by atoms with Gasteiger partial charge in [0.25, 0.3) is 0 Å². The first-order valence-corrected chi connectivity index (χ1v) is 25.2. The van der Waals surface area contributed by atoms with E-state index in [4.69, 9.17) is 21.3 Å². The summed E-state index contributed by atoms with van der Waals surface area (Å²) in [7, 11) is 0.801. The molecule has 6 aromatic rings. The SMILES string of the molecule is COc1cc(N2CCC(N3CCN(c4ccc(C5CCC(=O)NC5=O)cc4F)CC3)CC2)c(-c2cnn(C)c2)cc1Nc1ncc(Cl)c(Nc2ccc(-c3ccccc3)cc2P(C)(C)=O)n1. The molecule has 3 N–H and O–H groups in total. The second-order valence-electron chi connectivity index (χ2n) is 17.5. The first-order chi connectivity index (χ1) is 31.8. The molecule has 0 saturated carbocycles. The number of rotatable bonds is 12. The molecule has 3 aliphatic heterocycles. The molecule has 342 valence electrons. The van der Waals surface area contributed by atoms with Gasteiger partial charge in [0.15, 0.2) is 5.82 Å². The molecule has 1 unspecified atom stereocenters. The molecule has 1 atom stereocenters. The molecule has 3 saturated heterocycles. The standard InChI is InChI=1S/C49H53ClFN10O4P/c1-58-30-34(28-53-58)37-26-41(55-49-52-29-38(50)47(57-49)54-40-13-10-32(25-45(40)66(3,4)64)31-8-6-5-7-9-31)44(65-2)27-43(37)60-18-16-35(17-19-60)59-20-22-61(23-21-59)42-14-11-33(24-39(42)51)36-12-15-46(62)56-48(36)63/h5-11,13-14,24-30,35-36H,12,15-23H2,1-4H3,(H,56,62,63)(H2,52,54,55,57). The number of amides is 2. The summed E-state index contributed by atoms with van der Waals surface area (Å²) in [4.78, 5) is 40.3. The van der Waals surface area contributed by atoms with Crippen LogP contribution in [0.15, 0.2) is 97.5 Å². The van der Waals surface area contributed by atoms with Gasteiger partial charge in [0.05, 0.1) is 42.5 Å². The minimum absolute atomic E-state index is 0.255. The van der Waals surface area contributed by atoms with Crippen LogP contribution in [0.1, 0.15) is 37.2 Å². The number of anilines is 6. The Morgan fingerprint density at radius 2 is 1.58 bits per heavy atom. The van der Waals surface area contributed by atoms with E-state index in [1.807, 2.05) is 80.1 Å². The molecule has 17 heteroatoms. The average Bonchev–Trinajstić information content (AvgIpc) is 3.76. The van der Waals surface area contributed by atoms with Crippen LogP contribution >= 0.6 is 18.7 Å². The number of carbonyl (C=O) groups is 2. The van der Waals surface area contributed by atoms with Gasteiger partial charge < -0.3 is 29.7 Å². The maximum atomic E-state index is 15.5. The van der Waals surface area contributed by atoms with E-state index in [-0.39, 0.29) is 30.0 Å². The molecule has 0 aliphatic carbocycles. The number of imide groups is 1.